The number of fused-ring (bicyclic) bond motifs is 1. The molecule has 0 spiro atoms. The summed E-state index contributed by atoms with van der Waals surface area (Å²) in [7, 11) is 0. The highest BCUT2D eigenvalue weighted by Crippen LogP contribution is 2.31. The zero-order valence-electron chi connectivity index (χ0n) is 12.6. The van der Waals surface area contributed by atoms with Gasteiger partial charge < -0.3 is 5.32 Å². The molecule has 4 rings (SSSR count). The van der Waals surface area contributed by atoms with E-state index in [0.29, 0.717) is 0 Å². The van der Waals surface area contributed by atoms with Crippen LogP contribution in [-0.4, -0.2) is 4.98 Å². The molecule has 1 heterocycles. The third kappa shape index (κ3) is 3.10. The zero-order chi connectivity index (χ0) is 15.5. The molecule has 2 nitrogen and oxygen atoms in total. The first-order valence-electron chi connectivity index (χ1n) is 7.62. The van der Waals surface area contributed by atoms with E-state index in [0.717, 1.165) is 22.8 Å². The van der Waals surface area contributed by atoms with E-state index in [9.17, 15) is 0 Å². The standard InChI is InChI=1S/C20H16N2S/c1-3-7-15(8-4-1)14-21-17-11-12-19-18(13-17)22-20(23-19)16-9-5-2-6-10-16/h1-13,21H,14H2. The van der Waals surface area contributed by atoms with Crippen molar-refractivity contribution in [1.82, 2.24) is 4.98 Å². The third-order valence-electron chi connectivity index (χ3n) is 3.75. The molecule has 0 saturated carbocycles. The minimum absolute atomic E-state index is 0.821. The molecule has 112 valence electrons. The van der Waals surface area contributed by atoms with Gasteiger partial charge in [0.2, 0.25) is 0 Å². The first-order chi connectivity index (χ1) is 11.4. The van der Waals surface area contributed by atoms with Gasteiger partial charge in [0.05, 0.1) is 10.2 Å². The largest absolute Gasteiger partial charge is 0.381 e. The third-order valence-corrected chi connectivity index (χ3v) is 4.83. The van der Waals surface area contributed by atoms with E-state index in [1.807, 2.05) is 24.3 Å². The van der Waals surface area contributed by atoms with Crippen molar-refractivity contribution in [3.05, 3.63) is 84.4 Å². The summed E-state index contributed by atoms with van der Waals surface area (Å²) >= 11 is 1.73. The maximum atomic E-state index is 4.78. The van der Waals surface area contributed by atoms with Crippen LogP contribution in [0.5, 0.6) is 0 Å². The van der Waals surface area contributed by atoms with Gasteiger partial charge in [0, 0.05) is 17.8 Å². The van der Waals surface area contributed by atoms with Crippen molar-refractivity contribution < 1.29 is 0 Å². The van der Waals surface area contributed by atoms with Crippen molar-refractivity contribution >= 4 is 27.2 Å². The zero-order valence-corrected chi connectivity index (χ0v) is 13.4. The van der Waals surface area contributed by atoms with Crippen molar-refractivity contribution in [2.24, 2.45) is 0 Å². The summed E-state index contributed by atoms with van der Waals surface area (Å²) in [5.74, 6) is 0. The fourth-order valence-electron chi connectivity index (χ4n) is 2.54. The summed E-state index contributed by atoms with van der Waals surface area (Å²) in [6, 6.07) is 27.1. The number of nitrogens with zero attached hydrogens (tertiary/aromatic N) is 1. The summed E-state index contributed by atoms with van der Waals surface area (Å²) in [4.78, 5) is 4.78. The van der Waals surface area contributed by atoms with Crippen LogP contribution in [0.1, 0.15) is 5.56 Å². The Morgan fingerprint density at radius 2 is 1.57 bits per heavy atom. The van der Waals surface area contributed by atoms with Crippen molar-refractivity contribution in [3.63, 3.8) is 0 Å². The Morgan fingerprint density at radius 3 is 2.35 bits per heavy atom. The summed E-state index contributed by atoms with van der Waals surface area (Å²) in [6.07, 6.45) is 0. The van der Waals surface area contributed by atoms with E-state index in [4.69, 9.17) is 4.98 Å². The van der Waals surface area contributed by atoms with Gasteiger partial charge in [0.25, 0.3) is 0 Å². The molecule has 0 bridgehead atoms. The lowest BCUT2D eigenvalue weighted by Gasteiger charge is -2.06. The van der Waals surface area contributed by atoms with E-state index >= 15 is 0 Å². The number of aromatic nitrogens is 1. The second kappa shape index (κ2) is 6.23. The normalized spacial score (nSPS) is 10.8. The molecule has 0 amide bonds. The van der Waals surface area contributed by atoms with Crippen LogP contribution in [0.25, 0.3) is 20.8 Å². The number of thiazole rings is 1. The lowest BCUT2D eigenvalue weighted by Crippen LogP contribution is -1.98. The van der Waals surface area contributed by atoms with E-state index in [-0.39, 0.29) is 0 Å². The Balaban J connectivity index is 1.58. The number of hydrogen-bond acceptors (Lipinski definition) is 3. The molecule has 0 aliphatic rings. The molecule has 0 atom stereocenters. The van der Waals surface area contributed by atoms with E-state index in [1.54, 1.807) is 11.3 Å². The Morgan fingerprint density at radius 1 is 0.826 bits per heavy atom. The predicted molar refractivity (Wildman–Crippen MR) is 98.8 cm³/mol. The quantitative estimate of drug-likeness (QED) is 0.532. The van der Waals surface area contributed by atoms with Crippen molar-refractivity contribution in [1.29, 1.82) is 0 Å². The highest BCUT2D eigenvalue weighted by molar-refractivity contribution is 7.21. The number of rotatable bonds is 4. The lowest BCUT2D eigenvalue weighted by molar-refractivity contribution is 1.15. The number of benzene rings is 3. The SMILES string of the molecule is c1ccc(CNc2ccc3sc(-c4ccccc4)nc3c2)cc1. The molecule has 0 aliphatic carbocycles. The maximum Gasteiger partial charge on any atom is 0.124 e. The van der Waals surface area contributed by atoms with Crippen LogP contribution in [0.4, 0.5) is 5.69 Å². The summed E-state index contributed by atoms with van der Waals surface area (Å²) in [5, 5.41) is 4.54. The van der Waals surface area contributed by atoms with E-state index < -0.39 is 0 Å². The van der Waals surface area contributed by atoms with E-state index in [1.165, 1.54) is 15.8 Å². The van der Waals surface area contributed by atoms with Crippen LogP contribution in [0.3, 0.4) is 0 Å². The molecular weight excluding hydrogens is 300 g/mol. The van der Waals surface area contributed by atoms with Crippen LogP contribution < -0.4 is 5.32 Å². The highest BCUT2D eigenvalue weighted by atomic mass is 32.1. The summed E-state index contributed by atoms with van der Waals surface area (Å²) in [6.45, 7) is 0.821. The topological polar surface area (TPSA) is 24.9 Å². The monoisotopic (exact) mass is 316 g/mol. The fourth-order valence-corrected chi connectivity index (χ4v) is 3.49. The maximum absolute atomic E-state index is 4.78. The fraction of sp³-hybridized carbons (Fsp3) is 0.0500. The molecule has 4 aromatic rings. The van der Waals surface area contributed by atoms with Crippen LogP contribution in [-0.2, 0) is 6.54 Å². The molecule has 0 unspecified atom stereocenters. The predicted octanol–water partition coefficient (Wildman–Crippen LogP) is 5.58. The Bertz CT molecular complexity index is 914. The van der Waals surface area contributed by atoms with Gasteiger partial charge in [0.15, 0.2) is 0 Å². The summed E-state index contributed by atoms with van der Waals surface area (Å²) < 4.78 is 1.22. The minimum atomic E-state index is 0.821. The molecule has 23 heavy (non-hydrogen) atoms. The average molecular weight is 316 g/mol. The molecule has 0 saturated heterocycles. The van der Waals surface area contributed by atoms with Gasteiger partial charge >= 0.3 is 0 Å². The molecule has 1 aromatic heterocycles. The van der Waals surface area contributed by atoms with Gasteiger partial charge in [-0.25, -0.2) is 4.98 Å². The van der Waals surface area contributed by atoms with Gasteiger partial charge in [-0.2, -0.15) is 0 Å². The van der Waals surface area contributed by atoms with Gasteiger partial charge in [0.1, 0.15) is 5.01 Å². The molecule has 0 radical (unpaired) electrons. The highest BCUT2D eigenvalue weighted by Gasteiger charge is 2.06. The van der Waals surface area contributed by atoms with Crippen molar-refractivity contribution in [2.45, 2.75) is 6.54 Å². The van der Waals surface area contributed by atoms with E-state index in [2.05, 4.69) is 59.9 Å². The average Bonchev–Trinajstić information content (AvgIpc) is 3.05. The first kappa shape index (κ1) is 14.0. The number of anilines is 1. The van der Waals surface area contributed by atoms with Crippen LogP contribution >= 0.6 is 11.3 Å². The smallest absolute Gasteiger partial charge is 0.124 e. The van der Waals surface area contributed by atoms with Gasteiger partial charge in [-0.05, 0) is 23.8 Å². The molecular formula is C20H16N2S. The molecule has 0 fully saturated rings. The second-order valence-corrected chi connectivity index (χ2v) is 6.44. The van der Waals surface area contributed by atoms with Crippen molar-refractivity contribution in [2.75, 3.05) is 5.32 Å². The van der Waals surface area contributed by atoms with Crippen LogP contribution in [0, 0.1) is 0 Å². The first-order valence-corrected chi connectivity index (χ1v) is 8.44. The lowest BCUT2D eigenvalue weighted by atomic mass is 10.2. The second-order valence-electron chi connectivity index (χ2n) is 5.41. The van der Waals surface area contributed by atoms with Gasteiger partial charge in [-0.3, -0.25) is 0 Å². The van der Waals surface area contributed by atoms with Gasteiger partial charge in [-0.15, -0.1) is 11.3 Å². The number of nitrogens with one attached hydrogen (secondary N) is 1. The molecule has 1 N–H and O–H groups in total. The molecule has 3 aromatic carbocycles. The molecule has 3 heteroatoms. The molecule has 0 aliphatic heterocycles. The van der Waals surface area contributed by atoms with Gasteiger partial charge in [-0.1, -0.05) is 60.7 Å². The summed E-state index contributed by atoms with van der Waals surface area (Å²) in [5.41, 5.74) is 4.60. The van der Waals surface area contributed by atoms with Crippen LogP contribution in [0.15, 0.2) is 78.9 Å². The Kier molecular flexibility index (Phi) is 3.78. The van der Waals surface area contributed by atoms with Crippen molar-refractivity contribution in [3.8, 4) is 10.6 Å². The minimum Gasteiger partial charge on any atom is -0.381 e. The van der Waals surface area contributed by atoms with Crippen LogP contribution in [0.2, 0.25) is 0 Å². The Labute approximate surface area is 139 Å². The Hall–Kier alpha value is -2.65. The number of hydrogen-bond donors (Lipinski definition) is 1.